The first-order valence-electron chi connectivity index (χ1n) is 3.43. The Labute approximate surface area is 64.9 Å². The maximum atomic E-state index is 10.8. The largest absolute Gasteiger partial charge is 0.469 e. The molecule has 0 saturated carbocycles. The van der Waals surface area contributed by atoms with Crippen LogP contribution < -0.4 is 5.32 Å². The number of methoxy groups -OCH3 is 1. The highest BCUT2D eigenvalue weighted by atomic mass is 16.5. The quantitative estimate of drug-likeness (QED) is 0.447. The molecule has 1 atom stereocenters. The molecule has 1 heterocycles. The van der Waals surface area contributed by atoms with E-state index in [0.29, 0.717) is 6.42 Å². The van der Waals surface area contributed by atoms with Crippen molar-refractivity contribution in [1.82, 2.24) is 5.32 Å². The zero-order chi connectivity index (χ0) is 8.48. The van der Waals surface area contributed by atoms with Crippen LogP contribution in [0.3, 0.4) is 0 Å². The molecular weight excluding hydrogens is 146 g/mol. The second-order valence-electron chi connectivity index (χ2n) is 3.04. The standard InChI is InChI=1S/C7H11NO3/c1-7(3-5(9)8-7)4-6(10)11-2/h3-4H2,1-2H3,(H,8,9). The Hall–Kier alpha value is -1.06. The summed E-state index contributed by atoms with van der Waals surface area (Å²) in [5.74, 6) is -0.288. The van der Waals surface area contributed by atoms with Crippen LogP contribution in [0.1, 0.15) is 19.8 Å². The molecule has 0 aromatic carbocycles. The van der Waals surface area contributed by atoms with Crippen LogP contribution in [-0.2, 0) is 14.3 Å². The normalized spacial score (nSPS) is 28.7. The summed E-state index contributed by atoms with van der Waals surface area (Å²) in [4.78, 5) is 21.3. The second kappa shape index (κ2) is 2.53. The van der Waals surface area contributed by atoms with Gasteiger partial charge in [0, 0.05) is 6.42 Å². The van der Waals surface area contributed by atoms with Gasteiger partial charge in [0.05, 0.1) is 19.1 Å². The van der Waals surface area contributed by atoms with Gasteiger partial charge in [-0.3, -0.25) is 9.59 Å². The van der Waals surface area contributed by atoms with Gasteiger partial charge in [-0.1, -0.05) is 0 Å². The monoisotopic (exact) mass is 157 g/mol. The summed E-state index contributed by atoms with van der Waals surface area (Å²) in [6.07, 6.45) is 0.678. The third-order valence-corrected chi connectivity index (χ3v) is 1.75. The molecule has 0 aromatic rings. The molecule has 0 spiro atoms. The lowest BCUT2D eigenvalue weighted by molar-refractivity contribution is -0.145. The number of carbonyl (C=O) groups excluding carboxylic acids is 2. The molecule has 1 aliphatic heterocycles. The molecule has 62 valence electrons. The van der Waals surface area contributed by atoms with E-state index in [1.54, 1.807) is 0 Å². The van der Waals surface area contributed by atoms with Gasteiger partial charge in [0.2, 0.25) is 5.91 Å². The lowest BCUT2D eigenvalue weighted by atomic mass is 9.86. The molecule has 4 heteroatoms. The lowest BCUT2D eigenvalue weighted by Gasteiger charge is -2.37. The second-order valence-corrected chi connectivity index (χ2v) is 3.04. The van der Waals surface area contributed by atoms with Crippen molar-refractivity contribution in [1.29, 1.82) is 0 Å². The number of nitrogens with one attached hydrogen (secondary N) is 1. The van der Waals surface area contributed by atoms with Crippen LogP contribution in [0.4, 0.5) is 0 Å². The van der Waals surface area contributed by atoms with Gasteiger partial charge in [0.15, 0.2) is 0 Å². The Morgan fingerprint density at radius 3 is 2.73 bits per heavy atom. The number of hydrogen-bond donors (Lipinski definition) is 1. The number of esters is 1. The molecule has 1 aliphatic rings. The van der Waals surface area contributed by atoms with Crippen LogP contribution in [0, 0.1) is 0 Å². The molecule has 1 fully saturated rings. The Balaban J connectivity index is 2.37. The maximum absolute atomic E-state index is 10.8. The Kier molecular flexibility index (Phi) is 1.85. The van der Waals surface area contributed by atoms with E-state index in [1.807, 2.05) is 6.92 Å². The van der Waals surface area contributed by atoms with Gasteiger partial charge in [0.25, 0.3) is 0 Å². The highest BCUT2D eigenvalue weighted by molar-refractivity contribution is 5.87. The van der Waals surface area contributed by atoms with E-state index < -0.39 is 0 Å². The van der Waals surface area contributed by atoms with Crippen molar-refractivity contribution in [2.45, 2.75) is 25.3 Å². The van der Waals surface area contributed by atoms with Crippen LogP contribution >= 0.6 is 0 Å². The highest BCUT2D eigenvalue weighted by Gasteiger charge is 2.40. The van der Waals surface area contributed by atoms with E-state index in [0.717, 1.165) is 0 Å². The van der Waals surface area contributed by atoms with Crippen LogP contribution in [-0.4, -0.2) is 24.5 Å². The summed E-state index contributed by atoms with van der Waals surface area (Å²) in [6, 6.07) is 0. The molecule has 0 radical (unpaired) electrons. The van der Waals surface area contributed by atoms with Crippen LogP contribution in [0.2, 0.25) is 0 Å². The summed E-state index contributed by atoms with van der Waals surface area (Å²) in [6.45, 7) is 1.82. The van der Waals surface area contributed by atoms with Crippen LogP contribution in [0.25, 0.3) is 0 Å². The molecule has 1 saturated heterocycles. The fraction of sp³-hybridized carbons (Fsp3) is 0.714. The lowest BCUT2D eigenvalue weighted by Crippen LogP contribution is -2.59. The predicted octanol–water partition coefficient (Wildman–Crippen LogP) is -0.172. The van der Waals surface area contributed by atoms with Crippen molar-refractivity contribution in [2.24, 2.45) is 0 Å². The van der Waals surface area contributed by atoms with E-state index >= 15 is 0 Å². The van der Waals surface area contributed by atoms with E-state index in [-0.39, 0.29) is 23.8 Å². The molecule has 0 aromatic heterocycles. The zero-order valence-corrected chi connectivity index (χ0v) is 6.64. The molecule has 1 amide bonds. The molecule has 11 heavy (non-hydrogen) atoms. The molecule has 1 unspecified atom stereocenters. The minimum atomic E-state index is -0.357. The van der Waals surface area contributed by atoms with Crippen molar-refractivity contribution in [3.8, 4) is 0 Å². The number of amides is 1. The smallest absolute Gasteiger partial charge is 0.307 e. The van der Waals surface area contributed by atoms with Gasteiger partial charge in [-0.25, -0.2) is 0 Å². The first-order valence-corrected chi connectivity index (χ1v) is 3.43. The fourth-order valence-electron chi connectivity index (χ4n) is 1.17. The third-order valence-electron chi connectivity index (χ3n) is 1.75. The van der Waals surface area contributed by atoms with E-state index in [4.69, 9.17) is 0 Å². The minimum Gasteiger partial charge on any atom is -0.469 e. The van der Waals surface area contributed by atoms with Gasteiger partial charge in [-0.05, 0) is 6.92 Å². The molecule has 4 nitrogen and oxygen atoms in total. The van der Waals surface area contributed by atoms with Gasteiger partial charge in [-0.2, -0.15) is 0 Å². The number of carbonyl (C=O) groups is 2. The van der Waals surface area contributed by atoms with Gasteiger partial charge in [0.1, 0.15) is 0 Å². The summed E-state index contributed by atoms with van der Waals surface area (Å²) < 4.78 is 4.47. The van der Waals surface area contributed by atoms with Crippen molar-refractivity contribution in [3.63, 3.8) is 0 Å². The maximum Gasteiger partial charge on any atom is 0.307 e. The topological polar surface area (TPSA) is 55.4 Å². The Morgan fingerprint density at radius 1 is 1.82 bits per heavy atom. The average Bonchev–Trinajstić information content (AvgIpc) is 1.84. The molecule has 0 aliphatic carbocycles. The fourth-order valence-corrected chi connectivity index (χ4v) is 1.17. The first-order chi connectivity index (χ1) is 5.06. The number of hydrogen-bond acceptors (Lipinski definition) is 3. The predicted molar refractivity (Wildman–Crippen MR) is 37.8 cm³/mol. The minimum absolute atomic E-state index is 0.00333. The summed E-state index contributed by atoms with van der Waals surface area (Å²) in [5, 5.41) is 2.64. The summed E-state index contributed by atoms with van der Waals surface area (Å²) in [7, 11) is 1.34. The number of β-lactam (4-membered cyclic amide) rings is 1. The van der Waals surface area contributed by atoms with Crippen LogP contribution in [0.5, 0.6) is 0 Å². The van der Waals surface area contributed by atoms with Crippen LogP contribution in [0.15, 0.2) is 0 Å². The van der Waals surface area contributed by atoms with E-state index in [9.17, 15) is 9.59 Å². The van der Waals surface area contributed by atoms with Crippen molar-refractivity contribution < 1.29 is 14.3 Å². The molecule has 1 rings (SSSR count). The van der Waals surface area contributed by atoms with Gasteiger partial charge < -0.3 is 10.1 Å². The SMILES string of the molecule is COC(=O)CC1(C)CC(=O)N1. The van der Waals surface area contributed by atoms with Crippen molar-refractivity contribution in [3.05, 3.63) is 0 Å². The third kappa shape index (κ3) is 1.69. The van der Waals surface area contributed by atoms with E-state index in [1.165, 1.54) is 7.11 Å². The Morgan fingerprint density at radius 2 is 2.36 bits per heavy atom. The number of ether oxygens (including phenoxy) is 1. The molecule has 0 bridgehead atoms. The number of rotatable bonds is 2. The molecule has 1 N–H and O–H groups in total. The zero-order valence-electron chi connectivity index (χ0n) is 6.64. The highest BCUT2D eigenvalue weighted by Crippen LogP contribution is 2.23. The average molecular weight is 157 g/mol. The van der Waals surface area contributed by atoms with Gasteiger partial charge >= 0.3 is 5.97 Å². The van der Waals surface area contributed by atoms with Crippen molar-refractivity contribution >= 4 is 11.9 Å². The first kappa shape index (κ1) is 8.04. The summed E-state index contributed by atoms with van der Waals surface area (Å²) >= 11 is 0. The Bertz CT molecular complexity index is 192. The van der Waals surface area contributed by atoms with Gasteiger partial charge in [-0.15, -0.1) is 0 Å². The van der Waals surface area contributed by atoms with E-state index in [2.05, 4.69) is 10.1 Å². The molecular formula is C7H11NO3. The summed E-state index contributed by atoms with van der Waals surface area (Å²) in [5.41, 5.74) is -0.357. The van der Waals surface area contributed by atoms with Crippen molar-refractivity contribution in [2.75, 3.05) is 7.11 Å².